The summed E-state index contributed by atoms with van der Waals surface area (Å²) in [4.78, 5) is 25.6. The lowest BCUT2D eigenvalue weighted by Gasteiger charge is -2.09. The maximum atomic E-state index is 13.7. The molecule has 100 valence electrons. The molecule has 2 rings (SSSR count). The van der Waals surface area contributed by atoms with Gasteiger partial charge in [-0.25, -0.2) is 13.8 Å². The van der Waals surface area contributed by atoms with Crippen molar-refractivity contribution in [1.82, 2.24) is 9.55 Å². The van der Waals surface area contributed by atoms with Gasteiger partial charge in [0.05, 0.1) is 5.69 Å². The molecule has 0 radical (unpaired) electrons. The van der Waals surface area contributed by atoms with Crippen molar-refractivity contribution in [1.29, 1.82) is 0 Å². The first-order chi connectivity index (χ1) is 8.93. The van der Waals surface area contributed by atoms with Crippen LogP contribution in [-0.2, 0) is 10.9 Å². The van der Waals surface area contributed by atoms with Gasteiger partial charge in [-0.05, 0) is 12.1 Å². The minimum Gasteiger partial charge on any atom is -0.490 e. The molecule has 0 amide bonds. The highest BCUT2D eigenvalue weighted by Gasteiger charge is 2.26. The van der Waals surface area contributed by atoms with Gasteiger partial charge in [-0.3, -0.25) is 9.78 Å². The van der Waals surface area contributed by atoms with E-state index in [2.05, 4.69) is 4.98 Å². The number of halogens is 1. The number of aromatic hydroxyl groups is 1. The van der Waals surface area contributed by atoms with E-state index in [1.54, 1.807) is 12.5 Å². The Balaban J connectivity index is 2.86. The predicted octanol–water partition coefficient (Wildman–Crippen LogP) is 0.607. The zero-order chi connectivity index (χ0) is 14.2. The summed E-state index contributed by atoms with van der Waals surface area (Å²) in [6.07, 6.45) is 3.45. The van der Waals surface area contributed by atoms with Crippen molar-refractivity contribution in [3.8, 4) is 11.6 Å². The van der Waals surface area contributed by atoms with Crippen LogP contribution in [-0.4, -0.2) is 27.2 Å². The number of para-hydroxylation sites is 1. The number of hydrogen-bond acceptors (Lipinski definition) is 3. The Labute approximate surface area is 110 Å². The van der Waals surface area contributed by atoms with Crippen molar-refractivity contribution in [3.63, 3.8) is 0 Å². The van der Waals surface area contributed by atoms with Crippen LogP contribution in [0.3, 0.4) is 0 Å². The minimum atomic E-state index is -0.873. The molecule has 0 atom stereocenters. The van der Waals surface area contributed by atoms with Crippen LogP contribution >= 0.6 is 0 Å². The lowest BCUT2D eigenvalue weighted by molar-refractivity contribution is 0.412. The van der Waals surface area contributed by atoms with Crippen LogP contribution in [0.2, 0.25) is 0 Å². The molecule has 2 N–H and O–H groups in total. The van der Waals surface area contributed by atoms with E-state index >= 15 is 0 Å². The molecule has 0 saturated heterocycles. The molecule has 0 unspecified atom stereocenters. The van der Waals surface area contributed by atoms with Gasteiger partial charge in [0.1, 0.15) is 18.3 Å². The smallest absolute Gasteiger partial charge is 0.336 e. The third-order valence-electron chi connectivity index (χ3n) is 2.55. The van der Waals surface area contributed by atoms with E-state index in [1.165, 1.54) is 24.3 Å². The number of nitrogens with zero attached hydrogens (tertiary/aromatic N) is 1. The maximum Gasteiger partial charge on any atom is 0.336 e. The van der Waals surface area contributed by atoms with E-state index < -0.39 is 33.8 Å². The van der Waals surface area contributed by atoms with Gasteiger partial charge >= 0.3 is 11.2 Å². The second-order valence-electron chi connectivity index (χ2n) is 4.02. The van der Waals surface area contributed by atoms with Crippen LogP contribution in [0, 0.1) is 5.82 Å². The van der Waals surface area contributed by atoms with E-state index in [-0.39, 0.29) is 10.6 Å². The third-order valence-corrected chi connectivity index (χ3v) is 3.73. The number of hydrogen-bond donors (Lipinski definition) is 2. The summed E-state index contributed by atoms with van der Waals surface area (Å²) < 4.78 is 14.5. The normalized spacial score (nSPS) is 10.9. The molecular formula is C12H12FN2O3S+. The standard InChI is InChI=1S/C12H11FN2O3S/c1-19(2)9-10(16)14-12(18)15(11(9)17)8-6-4-3-5-7(8)13/h3-6H,1-2H3,(H-,14,16,17,18)/p+1. The van der Waals surface area contributed by atoms with E-state index in [4.69, 9.17) is 0 Å². The fraction of sp³-hybridized carbons (Fsp3) is 0.167. The Morgan fingerprint density at radius 3 is 2.47 bits per heavy atom. The highest BCUT2D eigenvalue weighted by Crippen LogP contribution is 2.21. The first-order valence-electron chi connectivity index (χ1n) is 5.34. The topological polar surface area (TPSA) is 75.1 Å². The summed E-state index contributed by atoms with van der Waals surface area (Å²) in [7, 11) is -0.577. The van der Waals surface area contributed by atoms with Crippen molar-refractivity contribution in [3.05, 3.63) is 50.9 Å². The van der Waals surface area contributed by atoms with Crippen molar-refractivity contribution < 1.29 is 9.50 Å². The van der Waals surface area contributed by atoms with Gasteiger partial charge in [0.2, 0.25) is 0 Å². The molecule has 0 aliphatic carbocycles. The molecule has 1 aromatic heterocycles. The Kier molecular flexibility index (Phi) is 3.48. The number of aromatic nitrogens is 2. The summed E-state index contributed by atoms with van der Waals surface area (Å²) in [5.41, 5.74) is -1.63. The highest BCUT2D eigenvalue weighted by atomic mass is 32.2. The van der Waals surface area contributed by atoms with Gasteiger partial charge in [-0.2, -0.15) is 0 Å². The summed E-state index contributed by atoms with van der Waals surface area (Å²) in [6.45, 7) is 0. The SMILES string of the molecule is C[S+](C)c1c(O)n(-c2ccccc2F)c(=O)[nH]c1=O. The number of nitrogens with one attached hydrogen (secondary N) is 1. The zero-order valence-corrected chi connectivity index (χ0v) is 11.1. The lowest BCUT2D eigenvalue weighted by atomic mass is 10.3. The molecule has 0 aliphatic rings. The van der Waals surface area contributed by atoms with E-state index in [9.17, 15) is 19.1 Å². The Morgan fingerprint density at radius 1 is 1.26 bits per heavy atom. The molecule has 0 fully saturated rings. The molecule has 7 heteroatoms. The molecule has 0 bridgehead atoms. The Bertz CT molecular complexity index is 736. The van der Waals surface area contributed by atoms with Gasteiger partial charge < -0.3 is 5.11 Å². The molecule has 5 nitrogen and oxygen atoms in total. The average molecular weight is 283 g/mol. The van der Waals surface area contributed by atoms with Gasteiger partial charge in [0, 0.05) is 10.9 Å². The monoisotopic (exact) mass is 283 g/mol. The van der Waals surface area contributed by atoms with E-state index in [0.29, 0.717) is 0 Å². The first-order valence-corrected chi connectivity index (χ1v) is 7.38. The van der Waals surface area contributed by atoms with Crippen molar-refractivity contribution in [2.75, 3.05) is 12.5 Å². The summed E-state index contributed by atoms with van der Waals surface area (Å²) in [5, 5.41) is 10.1. The second kappa shape index (κ2) is 4.93. The molecule has 0 saturated carbocycles. The molecule has 1 heterocycles. The van der Waals surface area contributed by atoms with E-state index in [1.807, 2.05) is 0 Å². The number of H-pyrrole nitrogens is 1. The minimum absolute atomic E-state index is 0.0721. The molecule has 1 aromatic carbocycles. The largest absolute Gasteiger partial charge is 0.490 e. The molecule has 0 aliphatic heterocycles. The quantitative estimate of drug-likeness (QED) is 0.793. The second-order valence-corrected chi connectivity index (χ2v) is 6.06. The third kappa shape index (κ3) is 2.28. The average Bonchev–Trinajstić information content (AvgIpc) is 2.30. The molecule has 19 heavy (non-hydrogen) atoms. The van der Waals surface area contributed by atoms with E-state index in [0.717, 1.165) is 4.57 Å². The van der Waals surface area contributed by atoms with Crippen LogP contribution in [0.4, 0.5) is 4.39 Å². The van der Waals surface area contributed by atoms with Crippen LogP contribution in [0.15, 0.2) is 38.8 Å². The van der Waals surface area contributed by atoms with Gasteiger partial charge in [-0.1, -0.05) is 12.1 Å². The summed E-state index contributed by atoms with van der Waals surface area (Å²) in [5.74, 6) is -1.18. The van der Waals surface area contributed by atoms with Crippen LogP contribution < -0.4 is 11.2 Å². The highest BCUT2D eigenvalue weighted by molar-refractivity contribution is 7.95. The Morgan fingerprint density at radius 2 is 1.89 bits per heavy atom. The molecule has 2 aromatic rings. The molecular weight excluding hydrogens is 271 g/mol. The fourth-order valence-corrected chi connectivity index (χ4v) is 2.61. The van der Waals surface area contributed by atoms with Crippen LogP contribution in [0.5, 0.6) is 5.88 Å². The predicted molar refractivity (Wildman–Crippen MR) is 71.8 cm³/mol. The van der Waals surface area contributed by atoms with Gasteiger partial charge in [0.15, 0.2) is 0 Å². The summed E-state index contributed by atoms with van der Waals surface area (Å²) >= 11 is 0. The van der Waals surface area contributed by atoms with Crippen molar-refractivity contribution in [2.45, 2.75) is 4.90 Å². The maximum absolute atomic E-state index is 13.7. The van der Waals surface area contributed by atoms with Crippen LogP contribution in [0.1, 0.15) is 0 Å². The Hall–Kier alpha value is -2.02. The number of benzene rings is 1. The fourth-order valence-electron chi connectivity index (χ4n) is 1.73. The summed E-state index contributed by atoms with van der Waals surface area (Å²) in [6, 6.07) is 5.52. The van der Waals surface area contributed by atoms with Gasteiger partial charge in [-0.15, -0.1) is 0 Å². The van der Waals surface area contributed by atoms with Gasteiger partial charge in [0.25, 0.3) is 10.8 Å². The lowest BCUT2D eigenvalue weighted by Crippen LogP contribution is -2.32. The van der Waals surface area contributed by atoms with Crippen molar-refractivity contribution in [2.24, 2.45) is 0 Å². The van der Waals surface area contributed by atoms with Crippen LogP contribution in [0.25, 0.3) is 5.69 Å². The number of aromatic amines is 1. The molecule has 0 spiro atoms. The zero-order valence-electron chi connectivity index (χ0n) is 10.3. The van der Waals surface area contributed by atoms with Crippen molar-refractivity contribution >= 4 is 10.9 Å². The first kappa shape index (κ1) is 13.4. The number of rotatable bonds is 2.